The molecule has 1 aromatic heterocycles. The van der Waals surface area contributed by atoms with Crippen molar-refractivity contribution in [1.82, 2.24) is 10.3 Å². The number of thiazole rings is 1. The Bertz CT molecular complexity index is 244. The smallest absolute Gasteiger partial charge is 0.0797 e. The van der Waals surface area contributed by atoms with E-state index in [-0.39, 0.29) is 0 Å². The lowest BCUT2D eigenvalue weighted by Crippen LogP contribution is -2.14. The van der Waals surface area contributed by atoms with Gasteiger partial charge in [-0.25, -0.2) is 4.98 Å². The van der Waals surface area contributed by atoms with Crippen molar-refractivity contribution in [2.75, 3.05) is 13.6 Å². The molecule has 1 aliphatic carbocycles. The maximum absolute atomic E-state index is 4.32. The number of aromatic nitrogens is 1. The summed E-state index contributed by atoms with van der Waals surface area (Å²) >= 11 is 1.81. The molecule has 1 unspecified atom stereocenters. The molecule has 0 radical (unpaired) electrons. The van der Waals surface area contributed by atoms with E-state index in [1.807, 2.05) is 23.9 Å². The fourth-order valence-electron chi connectivity index (χ4n) is 1.68. The molecule has 2 rings (SSSR count). The highest BCUT2D eigenvalue weighted by Crippen LogP contribution is 2.34. The van der Waals surface area contributed by atoms with E-state index in [4.69, 9.17) is 0 Å². The Labute approximate surface area is 70.7 Å². The average molecular weight is 168 g/mol. The number of fused-ring (bicyclic) bond motifs is 1. The molecule has 2 nitrogen and oxygen atoms in total. The highest BCUT2D eigenvalue weighted by atomic mass is 32.1. The van der Waals surface area contributed by atoms with Crippen molar-refractivity contribution in [2.45, 2.75) is 18.8 Å². The van der Waals surface area contributed by atoms with Gasteiger partial charge in [-0.15, -0.1) is 11.3 Å². The minimum Gasteiger partial charge on any atom is -0.319 e. The summed E-state index contributed by atoms with van der Waals surface area (Å²) in [5.74, 6) is 0.738. The molecule has 1 heterocycles. The second-order valence-corrected chi connectivity index (χ2v) is 3.84. The fraction of sp³-hybridized carbons (Fsp3) is 0.625. The largest absolute Gasteiger partial charge is 0.319 e. The van der Waals surface area contributed by atoms with Crippen molar-refractivity contribution in [1.29, 1.82) is 0 Å². The van der Waals surface area contributed by atoms with Crippen molar-refractivity contribution >= 4 is 11.3 Å². The second-order valence-electron chi connectivity index (χ2n) is 2.96. The van der Waals surface area contributed by atoms with E-state index in [2.05, 4.69) is 10.3 Å². The van der Waals surface area contributed by atoms with Crippen molar-refractivity contribution in [3.05, 3.63) is 16.1 Å². The van der Waals surface area contributed by atoms with E-state index >= 15 is 0 Å². The Morgan fingerprint density at radius 2 is 2.73 bits per heavy atom. The molecule has 0 amide bonds. The van der Waals surface area contributed by atoms with Crippen LogP contribution in [-0.4, -0.2) is 18.6 Å². The van der Waals surface area contributed by atoms with Crippen LogP contribution in [0.25, 0.3) is 0 Å². The quantitative estimate of drug-likeness (QED) is 0.722. The molecule has 0 aliphatic heterocycles. The van der Waals surface area contributed by atoms with Gasteiger partial charge in [0.2, 0.25) is 0 Å². The first-order valence-electron chi connectivity index (χ1n) is 3.98. The molecule has 0 aromatic carbocycles. The Morgan fingerprint density at radius 1 is 1.82 bits per heavy atom. The van der Waals surface area contributed by atoms with Crippen LogP contribution in [0.2, 0.25) is 0 Å². The van der Waals surface area contributed by atoms with Crippen LogP contribution < -0.4 is 5.32 Å². The first-order chi connectivity index (χ1) is 5.42. The maximum Gasteiger partial charge on any atom is 0.0797 e. The molecule has 1 N–H and O–H groups in total. The van der Waals surface area contributed by atoms with E-state index in [9.17, 15) is 0 Å². The molecule has 60 valence electrons. The van der Waals surface area contributed by atoms with E-state index in [0.29, 0.717) is 0 Å². The summed E-state index contributed by atoms with van der Waals surface area (Å²) in [6, 6.07) is 0. The van der Waals surface area contributed by atoms with Gasteiger partial charge >= 0.3 is 0 Å². The van der Waals surface area contributed by atoms with Gasteiger partial charge in [0.1, 0.15) is 0 Å². The molecule has 0 saturated carbocycles. The number of nitrogens with zero attached hydrogens (tertiary/aromatic N) is 1. The minimum absolute atomic E-state index is 0.738. The normalized spacial score (nSPS) is 22.1. The summed E-state index contributed by atoms with van der Waals surface area (Å²) in [5.41, 5.74) is 3.31. The zero-order valence-electron chi connectivity index (χ0n) is 6.63. The third kappa shape index (κ3) is 1.19. The molecule has 0 spiro atoms. The lowest BCUT2D eigenvalue weighted by Gasteiger charge is -2.06. The second kappa shape index (κ2) is 2.91. The fourth-order valence-corrected chi connectivity index (χ4v) is 2.66. The Morgan fingerprint density at radius 3 is 3.55 bits per heavy atom. The molecule has 11 heavy (non-hydrogen) atoms. The number of hydrogen-bond acceptors (Lipinski definition) is 3. The summed E-state index contributed by atoms with van der Waals surface area (Å²) in [6.07, 6.45) is 2.47. The van der Waals surface area contributed by atoms with Gasteiger partial charge in [0, 0.05) is 17.3 Å². The van der Waals surface area contributed by atoms with Crippen LogP contribution >= 0.6 is 11.3 Å². The lowest BCUT2D eigenvalue weighted by molar-refractivity contribution is 0.628. The molecular formula is C8H12N2S. The van der Waals surface area contributed by atoms with Gasteiger partial charge in [-0.05, 0) is 19.9 Å². The summed E-state index contributed by atoms with van der Waals surface area (Å²) in [6.45, 7) is 1.11. The van der Waals surface area contributed by atoms with Crippen LogP contribution in [0.4, 0.5) is 0 Å². The molecule has 1 aromatic rings. The van der Waals surface area contributed by atoms with Crippen LogP contribution in [0.5, 0.6) is 0 Å². The summed E-state index contributed by atoms with van der Waals surface area (Å²) in [4.78, 5) is 5.83. The summed E-state index contributed by atoms with van der Waals surface area (Å²) in [7, 11) is 2.01. The molecule has 0 saturated heterocycles. The molecule has 1 atom stereocenters. The van der Waals surface area contributed by atoms with Crippen LogP contribution in [0.3, 0.4) is 0 Å². The van der Waals surface area contributed by atoms with Crippen molar-refractivity contribution in [3.8, 4) is 0 Å². The maximum atomic E-state index is 4.32. The van der Waals surface area contributed by atoms with E-state index in [1.54, 1.807) is 0 Å². The first kappa shape index (κ1) is 7.25. The minimum atomic E-state index is 0.738. The van der Waals surface area contributed by atoms with Crippen LogP contribution in [0, 0.1) is 0 Å². The highest BCUT2D eigenvalue weighted by Gasteiger charge is 2.23. The zero-order valence-corrected chi connectivity index (χ0v) is 7.45. The van der Waals surface area contributed by atoms with Gasteiger partial charge < -0.3 is 5.32 Å². The summed E-state index contributed by atoms with van der Waals surface area (Å²) < 4.78 is 0. The lowest BCUT2D eigenvalue weighted by atomic mass is 10.1. The van der Waals surface area contributed by atoms with Gasteiger partial charge in [0.05, 0.1) is 11.2 Å². The number of rotatable bonds is 2. The highest BCUT2D eigenvalue weighted by molar-refractivity contribution is 7.09. The van der Waals surface area contributed by atoms with Crippen LogP contribution in [-0.2, 0) is 6.42 Å². The number of aryl methyl sites for hydroxylation is 1. The van der Waals surface area contributed by atoms with Gasteiger partial charge in [-0.3, -0.25) is 0 Å². The SMILES string of the molecule is CNCC1CCc2ncsc21. The van der Waals surface area contributed by atoms with Crippen LogP contribution in [0.1, 0.15) is 22.9 Å². The van der Waals surface area contributed by atoms with Crippen LogP contribution in [0.15, 0.2) is 5.51 Å². The predicted octanol–water partition coefficient (Wildman–Crippen LogP) is 1.39. The molecule has 1 aliphatic rings. The third-order valence-electron chi connectivity index (χ3n) is 2.22. The number of likely N-dealkylation sites (N-methyl/N-ethyl adjacent to an activating group) is 1. The molecule has 0 fully saturated rings. The topological polar surface area (TPSA) is 24.9 Å². The average Bonchev–Trinajstić information content (AvgIpc) is 2.53. The Balaban J connectivity index is 2.18. The van der Waals surface area contributed by atoms with Gasteiger partial charge in [-0.1, -0.05) is 0 Å². The Hall–Kier alpha value is -0.410. The zero-order chi connectivity index (χ0) is 7.68. The van der Waals surface area contributed by atoms with E-state index in [1.165, 1.54) is 23.4 Å². The van der Waals surface area contributed by atoms with Gasteiger partial charge in [0.15, 0.2) is 0 Å². The monoisotopic (exact) mass is 168 g/mol. The molecule has 3 heteroatoms. The Kier molecular flexibility index (Phi) is 1.92. The number of nitrogens with one attached hydrogen (secondary N) is 1. The standard InChI is InChI=1S/C8H12N2S/c1-9-4-6-2-3-7-8(6)11-5-10-7/h5-6,9H,2-4H2,1H3. The van der Waals surface area contributed by atoms with E-state index in [0.717, 1.165) is 12.5 Å². The predicted molar refractivity (Wildman–Crippen MR) is 47.1 cm³/mol. The van der Waals surface area contributed by atoms with Crippen molar-refractivity contribution in [2.24, 2.45) is 0 Å². The molecule has 0 bridgehead atoms. The third-order valence-corrected chi connectivity index (χ3v) is 3.26. The van der Waals surface area contributed by atoms with E-state index < -0.39 is 0 Å². The van der Waals surface area contributed by atoms with Gasteiger partial charge in [0.25, 0.3) is 0 Å². The number of hydrogen-bond donors (Lipinski definition) is 1. The van der Waals surface area contributed by atoms with Gasteiger partial charge in [-0.2, -0.15) is 0 Å². The first-order valence-corrected chi connectivity index (χ1v) is 4.86. The molecular weight excluding hydrogens is 156 g/mol. The summed E-state index contributed by atoms with van der Waals surface area (Å²) in [5, 5.41) is 3.22. The van der Waals surface area contributed by atoms with Crippen molar-refractivity contribution in [3.63, 3.8) is 0 Å². The van der Waals surface area contributed by atoms with Crippen molar-refractivity contribution < 1.29 is 0 Å².